The topological polar surface area (TPSA) is 41.5 Å². The Morgan fingerprint density at radius 1 is 1.36 bits per heavy atom. The van der Waals surface area contributed by atoms with Gasteiger partial charge in [0.1, 0.15) is 4.88 Å². The fourth-order valence-corrected chi connectivity index (χ4v) is 4.36. The monoisotopic (exact) mass is 334 g/mol. The lowest BCUT2D eigenvalue weighted by Gasteiger charge is -2.16. The Labute approximate surface area is 139 Å². The summed E-state index contributed by atoms with van der Waals surface area (Å²) in [7, 11) is 0. The highest BCUT2D eigenvalue weighted by Crippen LogP contribution is 2.35. The molecule has 0 saturated heterocycles. The Kier molecular flexibility index (Phi) is 4.79. The molecule has 3 nitrogen and oxygen atoms in total. The molecule has 3 rings (SSSR count). The Balaban J connectivity index is 1.72. The third kappa shape index (κ3) is 3.33. The molecule has 1 fully saturated rings. The maximum absolute atomic E-state index is 12.3. The highest BCUT2D eigenvalue weighted by Gasteiger charge is 2.17. The lowest BCUT2D eigenvalue weighted by atomic mass is 9.90. The normalized spacial score (nSPS) is 16.5. The lowest BCUT2D eigenvalue weighted by Crippen LogP contribution is -2.18. The smallest absolute Gasteiger partial charge is 0.266 e. The zero-order valence-electron chi connectivity index (χ0n) is 12.6. The van der Waals surface area contributed by atoms with Gasteiger partial charge in [0.25, 0.3) is 5.91 Å². The number of rotatable bonds is 3. The molecule has 1 amide bonds. The molecule has 0 radical (unpaired) electrons. The van der Waals surface area contributed by atoms with Crippen molar-refractivity contribution in [2.24, 2.45) is 11.0 Å². The van der Waals surface area contributed by atoms with Crippen molar-refractivity contribution in [3.8, 4) is 0 Å². The molecule has 5 heteroatoms. The largest absolute Gasteiger partial charge is 0.282 e. The molecule has 1 aliphatic carbocycles. The van der Waals surface area contributed by atoms with Crippen LogP contribution in [0.2, 0.25) is 5.02 Å². The molecule has 0 bridgehead atoms. The number of nitrogens with one attached hydrogen (secondary N) is 1. The molecule has 0 aliphatic heterocycles. The van der Waals surface area contributed by atoms with Gasteiger partial charge in [0.2, 0.25) is 0 Å². The van der Waals surface area contributed by atoms with E-state index >= 15 is 0 Å². The van der Waals surface area contributed by atoms with E-state index in [-0.39, 0.29) is 5.91 Å². The maximum Gasteiger partial charge on any atom is 0.282 e. The Bertz CT molecular complexity index is 717. The van der Waals surface area contributed by atoms with Crippen molar-refractivity contribution in [1.82, 2.24) is 5.43 Å². The molecular formula is C17H19ClN2OS. The molecule has 116 valence electrons. The van der Waals surface area contributed by atoms with E-state index in [1.807, 2.05) is 31.3 Å². The highest BCUT2D eigenvalue weighted by molar-refractivity contribution is 7.21. The standard InChI is InChI=1S/C17H19ClN2OS/c1-11-7-8-13-14(9-11)22-16(15(13)18)17(21)20-19-10-12-5-3-2-4-6-12/h7-10,12H,2-6H2,1H3,(H,20,21). The van der Waals surface area contributed by atoms with Gasteiger partial charge in [0.15, 0.2) is 0 Å². The van der Waals surface area contributed by atoms with E-state index in [2.05, 4.69) is 10.5 Å². The SMILES string of the molecule is Cc1ccc2c(Cl)c(C(=O)NN=CC3CCCCC3)sc2c1. The van der Waals surface area contributed by atoms with Crippen LogP contribution >= 0.6 is 22.9 Å². The van der Waals surface area contributed by atoms with Gasteiger partial charge in [0, 0.05) is 16.3 Å². The van der Waals surface area contributed by atoms with Crippen LogP contribution in [0.3, 0.4) is 0 Å². The molecule has 0 spiro atoms. The minimum atomic E-state index is -0.226. The lowest BCUT2D eigenvalue weighted by molar-refractivity contribution is 0.0959. The first-order valence-corrected chi connectivity index (χ1v) is 8.87. The number of halogens is 1. The van der Waals surface area contributed by atoms with Gasteiger partial charge >= 0.3 is 0 Å². The molecule has 1 aliphatic rings. The van der Waals surface area contributed by atoms with Crippen molar-refractivity contribution in [3.05, 3.63) is 33.7 Å². The van der Waals surface area contributed by atoms with Crippen LogP contribution < -0.4 is 5.43 Å². The molecule has 0 unspecified atom stereocenters. The van der Waals surface area contributed by atoms with Crippen molar-refractivity contribution >= 4 is 45.1 Å². The van der Waals surface area contributed by atoms with Crippen LogP contribution in [0.1, 0.15) is 47.3 Å². The summed E-state index contributed by atoms with van der Waals surface area (Å²) in [6, 6.07) is 6.02. The molecule has 0 atom stereocenters. The summed E-state index contributed by atoms with van der Waals surface area (Å²) in [5, 5.41) is 5.57. The summed E-state index contributed by atoms with van der Waals surface area (Å²) in [6.45, 7) is 2.03. The first-order chi connectivity index (χ1) is 10.6. The predicted molar refractivity (Wildman–Crippen MR) is 94.1 cm³/mol. The molecule has 2 aromatic rings. The Morgan fingerprint density at radius 3 is 2.91 bits per heavy atom. The van der Waals surface area contributed by atoms with E-state index < -0.39 is 0 Å². The third-order valence-electron chi connectivity index (χ3n) is 4.09. The zero-order valence-corrected chi connectivity index (χ0v) is 14.1. The average molecular weight is 335 g/mol. The summed E-state index contributed by atoms with van der Waals surface area (Å²) in [4.78, 5) is 12.8. The van der Waals surface area contributed by atoms with E-state index in [1.165, 1.54) is 43.4 Å². The third-order valence-corrected chi connectivity index (χ3v) is 5.75. The van der Waals surface area contributed by atoms with Crippen molar-refractivity contribution in [2.75, 3.05) is 0 Å². The van der Waals surface area contributed by atoms with Gasteiger partial charge in [-0.15, -0.1) is 11.3 Å². The van der Waals surface area contributed by atoms with Gasteiger partial charge in [0.05, 0.1) is 5.02 Å². The minimum Gasteiger partial charge on any atom is -0.266 e. The molecule has 1 aromatic carbocycles. The molecule has 1 saturated carbocycles. The first kappa shape index (κ1) is 15.5. The number of nitrogens with zero attached hydrogens (tertiary/aromatic N) is 1. The minimum absolute atomic E-state index is 0.226. The highest BCUT2D eigenvalue weighted by atomic mass is 35.5. The van der Waals surface area contributed by atoms with Crippen molar-refractivity contribution < 1.29 is 4.79 Å². The van der Waals surface area contributed by atoms with Crippen LogP contribution in [0, 0.1) is 12.8 Å². The quantitative estimate of drug-likeness (QED) is 0.611. The van der Waals surface area contributed by atoms with Gasteiger partial charge in [-0.3, -0.25) is 4.79 Å². The van der Waals surface area contributed by atoms with Gasteiger partial charge < -0.3 is 0 Å². The van der Waals surface area contributed by atoms with E-state index in [0.717, 1.165) is 15.6 Å². The number of carbonyl (C=O) groups excluding carboxylic acids is 1. The number of aryl methyl sites for hydroxylation is 1. The fraction of sp³-hybridized carbons (Fsp3) is 0.412. The number of carbonyl (C=O) groups is 1. The number of amides is 1. The second kappa shape index (κ2) is 6.80. The van der Waals surface area contributed by atoms with Gasteiger partial charge in [-0.05, 0) is 37.3 Å². The summed E-state index contributed by atoms with van der Waals surface area (Å²) in [5.74, 6) is 0.269. The van der Waals surface area contributed by atoms with Crippen LogP contribution in [-0.4, -0.2) is 12.1 Å². The van der Waals surface area contributed by atoms with Crippen molar-refractivity contribution in [2.45, 2.75) is 39.0 Å². The number of fused-ring (bicyclic) bond motifs is 1. The zero-order chi connectivity index (χ0) is 15.5. The number of hydrogen-bond donors (Lipinski definition) is 1. The number of benzene rings is 1. The number of thiophene rings is 1. The molecule has 22 heavy (non-hydrogen) atoms. The van der Waals surface area contributed by atoms with E-state index in [9.17, 15) is 4.79 Å². The van der Waals surface area contributed by atoms with E-state index in [4.69, 9.17) is 11.6 Å². The molecular weight excluding hydrogens is 316 g/mol. The van der Waals surface area contributed by atoms with Crippen molar-refractivity contribution in [3.63, 3.8) is 0 Å². The van der Waals surface area contributed by atoms with Crippen LogP contribution in [0.15, 0.2) is 23.3 Å². The molecule has 1 aromatic heterocycles. The number of hydrazone groups is 1. The van der Waals surface area contributed by atoms with Crippen molar-refractivity contribution in [1.29, 1.82) is 0 Å². The Morgan fingerprint density at radius 2 is 2.14 bits per heavy atom. The predicted octanol–water partition coefficient (Wildman–Crippen LogP) is 5.16. The summed E-state index contributed by atoms with van der Waals surface area (Å²) in [6.07, 6.45) is 8.04. The Hall–Kier alpha value is -1.39. The average Bonchev–Trinajstić information content (AvgIpc) is 2.84. The van der Waals surface area contributed by atoms with E-state index in [0.29, 0.717) is 15.8 Å². The van der Waals surface area contributed by atoms with Crippen LogP contribution in [-0.2, 0) is 0 Å². The summed E-state index contributed by atoms with van der Waals surface area (Å²) < 4.78 is 1.03. The van der Waals surface area contributed by atoms with Gasteiger partial charge in [-0.1, -0.05) is 43.0 Å². The first-order valence-electron chi connectivity index (χ1n) is 7.67. The maximum atomic E-state index is 12.3. The molecule has 1 heterocycles. The number of hydrogen-bond acceptors (Lipinski definition) is 3. The second-order valence-corrected chi connectivity index (χ2v) is 7.29. The van der Waals surface area contributed by atoms with Gasteiger partial charge in [-0.2, -0.15) is 5.10 Å². The fourth-order valence-electron chi connectivity index (χ4n) is 2.85. The van der Waals surface area contributed by atoms with Crippen LogP contribution in [0.5, 0.6) is 0 Å². The van der Waals surface area contributed by atoms with Gasteiger partial charge in [-0.25, -0.2) is 5.43 Å². The van der Waals surface area contributed by atoms with Crippen LogP contribution in [0.25, 0.3) is 10.1 Å². The molecule has 1 N–H and O–H groups in total. The second-order valence-electron chi connectivity index (χ2n) is 5.86. The summed E-state index contributed by atoms with van der Waals surface area (Å²) in [5.41, 5.74) is 3.78. The van der Waals surface area contributed by atoms with E-state index in [1.54, 1.807) is 0 Å². The summed E-state index contributed by atoms with van der Waals surface area (Å²) >= 11 is 7.74. The van der Waals surface area contributed by atoms with Crippen LogP contribution in [0.4, 0.5) is 0 Å².